The smallest absolute Gasteiger partial charge is 0.413 e. The molecule has 0 saturated carbocycles. The summed E-state index contributed by atoms with van der Waals surface area (Å²) in [5, 5.41) is 2.88. The molecule has 1 atom stereocenters. The Morgan fingerprint density at radius 3 is 2.24 bits per heavy atom. The fraction of sp³-hybridized carbons (Fsp3) is 0.480. The van der Waals surface area contributed by atoms with Crippen LogP contribution in [0.3, 0.4) is 0 Å². The lowest BCUT2D eigenvalue weighted by atomic mass is 9.86. The molecule has 1 aliphatic rings. The Morgan fingerprint density at radius 2 is 1.69 bits per heavy atom. The molecule has 1 aliphatic heterocycles. The van der Waals surface area contributed by atoms with Gasteiger partial charge in [0.15, 0.2) is 0 Å². The van der Waals surface area contributed by atoms with Gasteiger partial charge in [-0.25, -0.2) is 4.79 Å². The van der Waals surface area contributed by atoms with E-state index in [1.165, 1.54) is 11.1 Å². The van der Waals surface area contributed by atoms with E-state index >= 15 is 0 Å². The Bertz CT molecular complexity index is 921. The van der Waals surface area contributed by atoms with Crippen LogP contribution in [0.2, 0.25) is 0 Å². The van der Waals surface area contributed by atoms with Gasteiger partial charge >= 0.3 is 6.09 Å². The Kier molecular flexibility index (Phi) is 5.66. The number of benzene rings is 2. The minimum atomic E-state index is -0.431. The normalized spacial score (nSPS) is 15.8. The first-order valence-electron chi connectivity index (χ1n) is 10.4. The van der Waals surface area contributed by atoms with E-state index in [9.17, 15) is 4.79 Å². The van der Waals surface area contributed by atoms with Crippen molar-refractivity contribution < 1.29 is 14.3 Å². The Labute approximate surface area is 174 Å². The molecule has 0 radical (unpaired) electrons. The van der Waals surface area contributed by atoms with E-state index < -0.39 is 6.09 Å². The molecule has 0 aliphatic carbocycles. The van der Waals surface area contributed by atoms with E-state index in [-0.39, 0.29) is 11.5 Å². The maximum Gasteiger partial charge on any atom is 0.413 e. The number of hydrogen-bond donors (Lipinski definition) is 1. The van der Waals surface area contributed by atoms with Gasteiger partial charge in [0.25, 0.3) is 0 Å². The summed E-state index contributed by atoms with van der Waals surface area (Å²) >= 11 is 0. The van der Waals surface area contributed by atoms with Gasteiger partial charge in [0.1, 0.15) is 11.5 Å². The van der Waals surface area contributed by atoms with Crippen LogP contribution < -0.4 is 14.8 Å². The predicted octanol–water partition coefficient (Wildman–Crippen LogP) is 6.15. The summed E-state index contributed by atoms with van der Waals surface area (Å²) in [4.78, 5) is 12.4. The molecule has 3 rings (SSSR count). The van der Waals surface area contributed by atoms with E-state index in [2.05, 4.69) is 43.4 Å². The molecule has 0 aromatic heterocycles. The number of ether oxygens (including phenoxy) is 2. The highest BCUT2D eigenvalue weighted by molar-refractivity contribution is 5.74. The average Bonchev–Trinajstić information content (AvgIpc) is 3.07. The summed E-state index contributed by atoms with van der Waals surface area (Å²) in [5.41, 5.74) is 6.28. The van der Waals surface area contributed by atoms with Crippen molar-refractivity contribution in [2.45, 2.75) is 72.8 Å². The maximum atomic E-state index is 12.4. The van der Waals surface area contributed by atoms with Crippen molar-refractivity contribution in [2.75, 3.05) is 6.61 Å². The molecule has 156 valence electrons. The second-order valence-corrected chi connectivity index (χ2v) is 9.40. The summed E-state index contributed by atoms with van der Waals surface area (Å²) < 4.78 is 11.9. The van der Waals surface area contributed by atoms with Crippen LogP contribution in [0.5, 0.6) is 11.5 Å². The van der Waals surface area contributed by atoms with E-state index in [0.717, 1.165) is 28.0 Å². The van der Waals surface area contributed by atoms with Crippen molar-refractivity contribution in [2.24, 2.45) is 0 Å². The zero-order chi connectivity index (χ0) is 21.5. The topological polar surface area (TPSA) is 47.6 Å². The lowest BCUT2D eigenvalue weighted by Gasteiger charge is -2.23. The highest BCUT2D eigenvalue weighted by Crippen LogP contribution is 2.47. The third-order valence-corrected chi connectivity index (χ3v) is 5.65. The van der Waals surface area contributed by atoms with Gasteiger partial charge in [-0.05, 0) is 75.3 Å². The van der Waals surface area contributed by atoms with Crippen LogP contribution in [0.4, 0.5) is 4.79 Å². The molecular weight excluding hydrogens is 362 g/mol. The maximum absolute atomic E-state index is 12.4. The quantitative estimate of drug-likeness (QED) is 0.678. The van der Waals surface area contributed by atoms with Gasteiger partial charge in [-0.15, -0.1) is 0 Å². The standard InChI is InChI=1S/C25H33NO3/c1-14(2)18-9-11-19(12-10-18)20-13-28-23-16(4)15(3)22(17(5)21(20)23)29-24(27)26-25(6,7)8/h9-12,14,20H,13H2,1-8H3,(H,26,27). The predicted molar refractivity (Wildman–Crippen MR) is 117 cm³/mol. The summed E-state index contributed by atoms with van der Waals surface area (Å²) in [6.45, 7) is 16.9. The Balaban J connectivity index is 2.00. The first-order chi connectivity index (χ1) is 13.5. The summed E-state index contributed by atoms with van der Waals surface area (Å²) in [5.74, 6) is 2.21. The highest BCUT2D eigenvalue weighted by Gasteiger charge is 2.33. The molecule has 0 spiro atoms. The third-order valence-electron chi connectivity index (χ3n) is 5.65. The molecular formula is C25H33NO3. The minimum absolute atomic E-state index is 0.138. The molecule has 4 heteroatoms. The van der Waals surface area contributed by atoms with Gasteiger partial charge in [0.2, 0.25) is 0 Å². The summed E-state index contributed by atoms with van der Waals surface area (Å²) in [6.07, 6.45) is -0.431. The van der Waals surface area contributed by atoms with E-state index in [1.807, 2.05) is 41.5 Å². The number of nitrogens with one attached hydrogen (secondary N) is 1. The van der Waals surface area contributed by atoms with Gasteiger partial charge in [0, 0.05) is 17.0 Å². The number of hydrogen-bond acceptors (Lipinski definition) is 3. The van der Waals surface area contributed by atoms with Gasteiger partial charge in [-0.3, -0.25) is 0 Å². The van der Waals surface area contributed by atoms with Crippen molar-refractivity contribution in [3.63, 3.8) is 0 Å². The highest BCUT2D eigenvalue weighted by atomic mass is 16.6. The number of carbonyl (C=O) groups is 1. The molecule has 1 unspecified atom stereocenters. The molecule has 0 fully saturated rings. The van der Waals surface area contributed by atoms with Gasteiger partial charge in [0.05, 0.1) is 6.61 Å². The minimum Gasteiger partial charge on any atom is -0.492 e. The summed E-state index contributed by atoms with van der Waals surface area (Å²) in [7, 11) is 0. The fourth-order valence-electron chi connectivity index (χ4n) is 3.93. The van der Waals surface area contributed by atoms with Crippen molar-refractivity contribution in [3.8, 4) is 11.5 Å². The van der Waals surface area contributed by atoms with E-state index in [4.69, 9.17) is 9.47 Å². The molecule has 2 aromatic carbocycles. The second kappa shape index (κ2) is 7.74. The Hall–Kier alpha value is -2.49. The average molecular weight is 396 g/mol. The van der Waals surface area contributed by atoms with Crippen LogP contribution in [-0.2, 0) is 0 Å². The van der Waals surface area contributed by atoms with Gasteiger partial charge in [-0.1, -0.05) is 38.1 Å². The lowest BCUT2D eigenvalue weighted by molar-refractivity contribution is 0.190. The molecule has 1 N–H and O–H groups in total. The molecule has 1 amide bonds. The van der Waals surface area contributed by atoms with Crippen molar-refractivity contribution in [1.82, 2.24) is 5.32 Å². The molecule has 1 heterocycles. The number of rotatable bonds is 3. The zero-order valence-electron chi connectivity index (χ0n) is 18.9. The van der Waals surface area contributed by atoms with E-state index in [0.29, 0.717) is 18.3 Å². The van der Waals surface area contributed by atoms with Crippen molar-refractivity contribution in [1.29, 1.82) is 0 Å². The van der Waals surface area contributed by atoms with Crippen LogP contribution in [0.25, 0.3) is 0 Å². The molecule has 0 saturated heterocycles. The molecule has 2 aromatic rings. The SMILES string of the molecule is Cc1c(C)c2c(c(C)c1OC(=O)NC(C)(C)C)C(c1ccc(C(C)C)cc1)CO2. The van der Waals surface area contributed by atoms with Crippen LogP contribution in [0.15, 0.2) is 24.3 Å². The zero-order valence-corrected chi connectivity index (χ0v) is 18.9. The van der Waals surface area contributed by atoms with E-state index in [1.54, 1.807) is 0 Å². The van der Waals surface area contributed by atoms with Gasteiger partial charge in [-0.2, -0.15) is 0 Å². The van der Waals surface area contributed by atoms with Crippen molar-refractivity contribution in [3.05, 3.63) is 57.6 Å². The Morgan fingerprint density at radius 1 is 1.07 bits per heavy atom. The van der Waals surface area contributed by atoms with Crippen LogP contribution >= 0.6 is 0 Å². The van der Waals surface area contributed by atoms with Crippen LogP contribution in [0, 0.1) is 20.8 Å². The number of amides is 1. The molecule has 4 nitrogen and oxygen atoms in total. The first-order valence-corrected chi connectivity index (χ1v) is 10.4. The second-order valence-electron chi connectivity index (χ2n) is 9.40. The molecule has 29 heavy (non-hydrogen) atoms. The van der Waals surface area contributed by atoms with Gasteiger partial charge < -0.3 is 14.8 Å². The number of fused-ring (bicyclic) bond motifs is 1. The molecule has 0 bridgehead atoms. The largest absolute Gasteiger partial charge is 0.492 e. The summed E-state index contributed by atoms with van der Waals surface area (Å²) in [6, 6.07) is 8.78. The van der Waals surface area contributed by atoms with Crippen LogP contribution in [-0.4, -0.2) is 18.2 Å². The third kappa shape index (κ3) is 4.26. The lowest BCUT2D eigenvalue weighted by Crippen LogP contribution is -2.42. The monoisotopic (exact) mass is 395 g/mol. The fourth-order valence-corrected chi connectivity index (χ4v) is 3.93. The van der Waals surface area contributed by atoms with Crippen molar-refractivity contribution >= 4 is 6.09 Å². The number of carbonyl (C=O) groups excluding carboxylic acids is 1. The van der Waals surface area contributed by atoms with Crippen LogP contribution in [0.1, 0.15) is 79.8 Å². The first kappa shape index (κ1) is 21.2.